The van der Waals surface area contributed by atoms with Crippen LogP contribution in [-0.4, -0.2) is 94.6 Å². The van der Waals surface area contributed by atoms with E-state index < -0.39 is 40.0 Å². The van der Waals surface area contributed by atoms with Crippen LogP contribution in [0.1, 0.15) is 37.6 Å². The van der Waals surface area contributed by atoms with Gasteiger partial charge in [0.15, 0.2) is 5.75 Å². The van der Waals surface area contributed by atoms with Gasteiger partial charge in [0.25, 0.3) is 5.91 Å². The van der Waals surface area contributed by atoms with Gasteiger partial charge in [-0.1, -0.05) is 13.8 Å². The first kappa shape index (κ1) is 30.5. The van der Waals surface area contributed by atoms with Crippen molar-refractivity contribution in [3.8, 4) is 5.75 Å². The van der Waals surface area contributed by atoms with Gasteiger partial charge in [-0.05, 0) is 25.5 Å². The summed E-state index contributed by atoms with van der Waals surface area (Å²) in [5.41, 5.74) is -0.113. The van der Waals surface area contributed by atoms with Gasteiger partial charge in [-0.25, -0.2) is 13.2 Å². The fourth-order valence-electron chi connectivity index (χ4n) is 3.88. The van der Waals surface area contributed by atoms with Crippen molar-refractivity contribution in [3.63, 3.8) is 0 Å². The van der Waals surface area contributed by atoms with Crippen LogP contribution in [-0.2, 0) is 14.8 Å². The molecule has 10 nitrogen and oxygen atoms in total. The van der Waals surface area contributed by atoms with E-state index in [4.69, 9.17) is 9.47 Å². The molecule has 1 aromatic rings. The summed E-state index contributed by atoms with van der Waals surface area (Å²) in [4.78, 5) is 29.1. The number of likely N-dealkylation sites (N-methyl/N-ethyl adjacent to an activating group) is 1. The molecule has 0 radical (unpaired) electrons. The molecule has 1 heterocycles. The number of carbonyl (C=O) groups excluding carboxylic acids is 2. The second-order valence-corrected chi connectivity index (χ2v) is 10.9. The molecule has 1 aromatic carbocycles. The molecule has 2 rings (SSSR count). The van der Waals surface area contributed by atoms with Crippen molar-refractivity contribution in [2.75, 3.05) is 50.9 Å². The summed E-state index contributed by atoms with van der Waals surface area (Å²) < 4.78 is 75.2. The van der Waals surface area contributed by atoms with E-state index in [2.05, 4.69) is 5.32 Å². The van der Waals surface area contributed by atoms with E-state index in [1.165, 1.54) is 24.1 Å². The molecular formula is C23H35F3N4O6S. The number of urea groups is 1. The lowest BCUT2D eigenvalue weighted by molar-refractivity contribution is -0.106. The SMILES string of the molecule is CCCNC(=O)N1C[C@H](C)[C@@H](OC)CN(C)C(=O)c2ccc(NS(=O)(=O)CC(F)(F)F)cc2OC[C@@H]1C. The summed E-state index contributed by atoms with van der Waals surface area (Å²) in [5.74, 6) is -2.68. The van der Waals surface area contributed by atoms with E-state index in [0.29, 0.717) is 13.1 Å². The number of hydrogen-bond donors (Lipinski definition) is 2. The van der Waals surface area contributed by atoms with Gasteiger partial charge in [-0.2, -0.15) is 13.2 Å². The van der Waals surface area contributed by atoms with Crippen LogP contribution in [0, 0.1) is 5.92 Å². The number of hydrogen-bond acceptors (Lipinski definition) is 6. The first-order valence-corrected chi connectivity index (χ1v) is 13.5. The molecule has 1 aliphatic rings. The van der Waals surface area contributed by atoms with Crippen molar-refractivity contribution in [1.29, 1.82) is 0 Å². The number of sulfonamides is 1. The molecular weight excluding hydrogens is 517 g/mol. The van der Waals surface area contributed by atoms with E-state index in [1.54, 1.807) is 18.9 Å². The Kier molecular flexibility index (Phi) is 10.4. The van der Waals surface area contributed by atoms with Gasteiger partial charge in [0.1, 0.15) is 12.4 Å². The second kappa shape index (κ2) is 12.7. The molecule has 0 aromatic heterocycles. The maximum atomic E-state index is 13.2. The summed E-state index contributed by atoms with van der Waals surface area (Å²) in [6.45, 7) is 6.52. The summed E-state index contributed by atoms with van der Waals surface area (Å²) in [6.07, 6.45) is -4.59. The number of benzene rings is 1. The van der Waals surface area contributed by atoms with Gasteiger partial charge in [0, 0.05) is 45.8 Å². The standard InChI is InChI=1S/C23H35F3N4O6S/c1-6-9-27-22(32)30-11-15(2)20(35-5)12-29(4)21(31)18-8-7-17(10-19(18)36-13-16(30)3)28-37(33,34)14-23(24,25)26/h7-8,10,15-16,20,28H,6,9,11-14H2,1-5H3,(H,27,32)/t15-,16-,20-/m0/s1. The molecule has 14 heteroatoms. The number of alkyl halides is 3. The Morgan fingerprint density at radius 1 is 1.24 bits per heavy atom. The lowest BCUT2D eigenvalue weighted by Gasteiger charge is -2.36. The Labute approximate surface area is 215 Å². The van der Waals surface area contributed by atoms with Gasteiger partial charge in [-0.3, -0.25) is 9.52 Å². The van der Waals surface area contributed by atoms with E-state index in [0.717, 1.165) is 12.5 Å². The third kappa shape index (κ3) is 8.95. The Morgan fingerprint density at radius 3 is 2.51 bits per heavy atom. The van der Waals surface area contributed by atoms with Crippen LogP contribution in [0.4, 0.5) is 23.7 Å². The van der Waals surface area contributed by atoms with E-state index in [-0.39, 0.29) is 42.1 Å². The monoisotopic (exact) mass is 552 g/mol. The molecule has 0 bridgehead atoms. The minimum Gasteiger partial charge on any atom is -0.491 e. The number of ether oxygens (including phenoxy) is 2. The van der Waals surface area contributed by atoms with Gasteiger partial charge < -0.3 is 24.6 Å². The van der Waals surface area contributed by atoms with Crippen LogP contribution >= 0.6 is 0 Å². The van der Waals surface area contributed by atoms with Crippen molar-refractivity contribution < 1.29 is 40.7 Å². The van der Waals surface area contributed by atoms with Crippen LogP contribution in [0.25, 0.3) is 0 Å². The Hall–Kier alpha value is -2.74. The van der Waals surface area contributed by atoms with Crippen LogP contribution in [0.15, 0.2) is 18.2 Å². The van der Waals surface area contributed by atoms with Gasteiger partial charge in [0.2, 0.25) is 10.0 Å². The molecule has 3 atom stereocenters. The lowest BCUT2D eigenvalue weighted by atomic mass is 10.0. The number of anilines is 1. The highest BCUT2D eigenvalue weighted by Gasteiger charge is 2.35. The Morgan fingerprint density at radius 2 is 1.92 bits per heavy atom. The number of carbonyl (C=O) groups is 2. The molecule has 210 valence electrons. The van der Waals surface area contributed by atoms with Crippen molar-refractivity contribution in [2.24, 2.45) is 5.92 Å². The maximum Gasteiger partial charge on any atom is 0.404 e. The average molecular weight is 553 g/mol. The van der Waals surface area contributed by atoms with Gasteiger partial charge in [-0.15, -0.1) is 0 Å². The first-order valence-electron chi connectivity index (χ1n) is 11.8. The van der Waals surface area contributed by atoms with E-state index in [1.807, 2.05) is 18.6 Å². The topological polar surface area (TPSA) is 117 Å². The predicted octanol–water partition coefficient (Wildman–Crippen LogP) is 2.92. The van der Waals surface area contributed by atoms with E-state index in [9.17, 15) is 31.2 Å². The maximum absolute atomic E-state index is 13.2. The number of halogens is 3. The van der Waals surface area contributed by atoms with Crippen LogP contribution in [0.5, 0.6) is 5.75 Å². The quantitative estimate of drug-likeness (QED) is 0.561. The van der Waals surface area contributed by atoms with Crippen molar-refractivity contribution in [1.82, 2.24) is 15.1 Å². The van der Waals surface area contributed by atoms with Crippen molar-refractivity contribution in [2.45, 2.75) is 45.5 Å². The Bertz CT molecular complexity index is 1050. The van der Waals surface area contributed by atoms with Crippen molar-refractivity contribution >= 4 is 27.6 Å². The highest BCUT2D eigenvalue weighted by atomic mass is 32.2. The fraction of sp³-hybridized carbons (Fsp3) is 0.652. The molecule has 0 aliphatic carbocycles. The zero-order valence-electron chi connectivity index (χ0n) is 21.6. The number of nitrogens with one attached hydrogen (secondary N) is 2. The zero-order chi connectivity index (χ0) is 28.0. The number of rotatable bonds is 6. The third-order valence-electron chi connectivity index (χ3n) is 5.86. The molecule has 0 fully saturated rings. The highest BCUT2D eigenvalue weighted by molar-refractivity contribution is 7.92. The largest absolute Gasteiger partial charge is 0.491 e. The average Bonchev–Trinajstić information content (AvgIpc) is 2.79. The molecule has 0 saturated carbocycles. The number of methoxy groups -OCH3 is 1. The normalized spacial score (nSPS) is 21.8. The Balaban J connectivity index is 2.45. The summed E-state index contributed by atoms with van der Waals surface area (Å²) in [5, 5.41) is 2.84. The summed E-state index contributed by atoms with van der Waals surface area (Å²) in [6, 6.07) is 2.87. The zero-order valence-corrected chi connectivity index (χ0v) is 22.4. The predicted molar refractivity (Wildman–Crippen MR) is 132 cm³/mol. The minimum absolute atomic E-state index is 0.0348. The molecule has 0 spiro atoms. The number of nitrogens with zero attached hydrogens (tertiary/aromatic N) is 2. The van der Waals surface area contributed by atoms with Gasteiger partial charge in [0.05, 0.1) is 23.4 Å². The molecule has 2 N–H and O–H groups in total. The number of amides is 3. The molecule has 37 heavy (non-hydrogen) atoms. The molecule has 3 amide bonds. The first-order chi connectivity index (χ1) is 17.2. The second-order valence-electron chi connectivity index (χ2n) is 9.17. The van der Waals surface area contributed by atoms with Crippen molar-refractivity contribution in [3.05, 3.63) is 23.8 Å². The summed E-state index contributed by atoms with van der Waals surface area (Å²) >= 11 is 0. The lowest BCUT2D eigenvalue weighted by Crippen LogP contribution is -2.51. The summed E-state index contributed by atoms with van der Waals surface area (Å²) in [7, 11) is -1.66. The highest BCUT2D eigenvalue weighted by Crippen LogP contribution is 2.28. The fourth-order valence-corrected chi connectivity index (χ4v) is 4.87. The molecule has 0 saturated heterocycles. The smallest absolute Gasteiger partial charge is 0.404 e. The minimum atomic E-state index is -4.93. The van der Waals surface area contributed by atoms with E-state index >= 15 is 0 Å². The third-order valence-corrected chi connectivity index (χ3v) is 7.11. The van der Waals surface area contributed by atoms with Crippen LogP contribution in [0.2, 0.25) is 0 Å². The molecule has 1 aliphatic heterocycles. The van der Waals surface area contributed by atoms with Crippen LogP contribution in [0.3, 0.4) is 0 Å². The van der Waals surface area contributed by atoms with Crippen LogP contribution < -0.4 is 14.8 Å². The van der Waals surface area contributed by atoms with Gasteiger partial charge >= 0.3 is 12.2 Å². The molecule has 0 unspecified atom stereocenters. The number of fused-ring (bicyclic) bond motifs is 1.